The normalized spacial score (nSPS) is 11.9. The first kappa shape index (κ1) is 15.4. The Morgan fingerprint density at radius 3 is 2.84 bits per heavy atom. The third kappa shape index (κ3) is 4.50. The zero-order valence-electron chi connectivity index (χ0n) is 10.4. The van der Waals surface area contributed by atoms with Gasteiger partial charge in [0.05, 0.1) is 21.6 Å². The Morgan fingerprint density at radius 2 is 2.26 bits per heavy atom. The van der Waals surface area contributed by atoms with Crippen molar-refractivity contribution in [2.24, 2.45) is 0 Å². The number of rotatable bonds is 6. The number of hydrogen-bond acceptors (Lipinski definition) is 4. The number of carbonyl (C=O) groups excluding carboxylic acids is 1. The number of nitro groups is 1. The number of nitrogens with one attached hydrogen (secondary N) is 1. The molecule has 6 nitrogen and oxygen atoms in total. The van der Waals surface area contributed by atoms with Crippen LogP contribution in [-0.4, -0.2) is 28.6 Å². The number of nitro benzene ring substituents is 1. The molecule has 7 heteroatoms. The number of non-ortho nitro benzene ring substituents is 1. The Kier molecular flexibility index (Phi) is 5.72. The van der Waals surface area contributed by atoms with E-state index in [9.17, 15) is 20.0 Å². The summed E-state index contributed by atoms with van der Waals surface area (Å²) in [5.41, 5.74) is -0.134. The summed E-state index contributed by atoms with van der Waals surface area (Å²) in [6, 6.07) is 3.68. The van der Waals surface area contributed by atoms with Crippen LogP contribution in [0.5, 0.6) is 0 Å². The zero-order chi connectivity index (χ0) is 14.4. The molecule has 0 heterocycles. The van der Waals surface area contributed by atoms with Crippen LogP contribution in [0.15, 0.2) is 18.2 Å². The van der Waals surface area contributed by atoms with E-state index in [0.29, 0.717) is 12.8 Å². The van der Waals surface area contributed by atoms with Gasteiger partial charge in [0.2, 0.25) is 0 Å². The van der Waals surface area contributed by atoms with Gasteiger partial charge in [-0.2, -0.15) is 0 Å². The zero-order valence-corrected chi connectivity index (χ0v) is 11.2. The Hall–Kier alpha value is -1.66. The highest BCUT2D eigenvalue weighted by molar-refractivity contribution is 6.33. The number of carbonyl (C=O) groups is 1. The van der Waals surface area contributed by atoms with Crippen molar-refractivity contribution >= 4 is 23.2 Å². The van der Waals surface area contributed by atoms with Gasteiger partial charge in [-0.15, -0.1) is 0 Å². The third-order valence-corrected chi connectivity index (χ3v) is 2.97. The van der Waals surface area contributed by atoms with Crippen molar-refractivity contribution in [2.45, 2.75) is 25.9 Å². The van der Waals surface area contributed by atoms with Crippen LogP contribution in [-0.2, 0) is 0 Å². The van der Waals surface area contributed by atoms with Gasteiger partial charge in [-0.3, -0.25) is 14.9 Å². The Bertz CT molecular complexity index is 479. The van der Waals surface area contributed by atoms with E-state index >= 15 is 0 Å². The number of aliphatic hydroxyl groups is 1. The van der Waals surface area contributed by atoms with Crippen LogP contribution in [0.4, 0.5) is 5.69 Å². The number of hydrogen-bond donors (Lipinski definition) is 2. The molecular weight excluding hydrogens is 272 g/mol. The van der Waals surface area contributed by atoms with Crippen LogP contribution in [0.1, 0.15) is 30.1 Å². The van der Waals surface area contributed by atoms with Gasteiger partial charge >= 0.3 is 0 Å². The van der Waals surface area contributed by atoms with Gasteiger partial charge in [0, 0.05) is 18.7 Å². The van der Waals surface area contributed by atoms with Gasteiger partial charge in [0.25, 0.3) is 11.6 Å². The molecule has 104 valence electrons. The molecule has 1 aromatic carbocycles. The summed E-state index contributed by atoms with van der Waals surface area (Å²) >= 11 is 5.83. The second-order valence-corrected chi connectivity index (χ2v) is 4.44. The van der Waals surface area contributed by atoms with Gasteiger partial charge in [-0.25, -0.2) is 0 Å². The van der Waals surface area contributed by atoms with Crippen molar-refractivity contribution in [1.29, 1.82) is 0 Å². The van der Waals surface area contributed by atoms with Crippen LogP contribution in [0.25, 0.3) is 0 Å². The first-order chi connectivity index (χ1) is 8.95. The second-order valence-electron chi connectivity index (χ2n) is 4.03. The maximum absolute atomic E-state index is 11.8. The van der Waals surface area contributed by atoms with Gasteiger partial charge in [0.1, 0.15) is 0 Å². The largest absolute Gasteiger partial charge is 0.393 e. The average molecular weight is 287 g/mol. The van der Waals surface area contributed by atoms with Crippen LogP contribution >= 0.6 is 11.6 Å². The first-order valence-corrected chi connectivity index (χ1v) is 6.23. The maximum Gasteiger partial charge on any atom is 0.270 e. The van der Waals surface area contributed by atoms with Gasteiger partial charge in [-0.1, -0.05) is 18.5 Å². The van der Waals surface area contributed by atoms with E-state index in [1.54, 1.807) is 0 Å². The molecule has 1 rings (SSSR count). The highest BCUT2D eigenvalue weighted by Crippen LogP contribution is 2.21. The average Bonchev–Trinajstić information content (AvgIpc) is 2.38. The first-order valence-electron chi connectivity index (χ1n) is 5.86. The van der Waals surface area contributed by atoms with E-state index in [1.165, 1.54) is 12.1 Å². The van der Waals surface area contributed by atoms with E-state index in [-0.39, 0.29) is 22.8 Å². The van der Waals surface area contributed by atoms with Crippen LogP contribution < -0.4 is 5.32 Å². The van der Waals surface area contributed by atoms with Crippen LogP contribution in [0.3, 0.4) is 0 Å². The minimum Gasteiger partial charge on any atom is -0.393 e. The Balaban J connectivity index is 2.71. The number of benzene rings is 1. The smallest absolute Gasteiger partial charge is 0.270 e. The van der Waals surface area contributed by atoms with E-state index in [1.807, 2.05) is 6.92 Å². The Labute approximate surface area is 115 Å². The topological polar surface area (TPSA) is 92.5 Å². The molecule has 0 aliphatic carbocycles. The molecule has 0 saturated carbocycles. The SMILES string of the molecule is CCC(O)CCNC(=O)c1cc([N+](=O)[O-])ccc1Cl. The minimum absolute atomic E-state index is 0.0573. The number of nitrogens with zero attached hydrogens (tertiary/aromatic N) is 1. The fourth-order valence-electron chi connectivity index (χ4n) is 1.45. The summed E-state index contributed by atoms with van der Waals surface area (Å²) < 4.78 is 0. The molecule has 0 radical (unpaired) electrons. The quantitative estimate of drug-likeness (QED) is 0.619. The number of amides is 1. The summed E-state index contributed by atoms with van der Waals surface area (Å²) in [5, 5.41) is 22.7. The lowest BCUT2D eigenvalue weighted by Crippen LogP contribution is -2.27. The second kappa shape index (κ2) is 7.06. The van der Waals surface area contributed by atoms with Crippen molar-refractivity contribution in [3.05, 3.63) is 38.9 Å². The summed E-state index contributed by atoms with van der Waals surface area (Å²) in [4.78, 5) is 21.8. The molecule has 2 N–H and O–H groups in total. The minimum atomic E-state index is -0.589. The molecule has 0 aliphatic rings. The van der Waals surface area contributed by atoms with Crippen molar-refractivity contribution < 1.29 is 14.8 Å². The summed E-state index contributed by atoms with van der Waals surface area (Å²) in [6.45, 7) is 2.12. The highest BCUT2D eigenvalue weighted by atomic mass is 35.5. The third-order valence-electron chi connectivity index (χ3n) is 2.64. The van der Waals surface area contributed by atoms with Crippen molar-refractivity contribution in [3.63, 3.8) is 0 Å². The molecule has 1 unspecified atom stereocenters. The molecule has 19 heavy (non-hydrogen) atoms. The fraction of sp³-hybridized carbons (Fsp3) is 0.417. The van der Waals surface area contributed by atoms with Crippen LogP contribution in [0, 0.1) is 10.1 Å². The van der Waals surface area contributed by atoms with Crippen molar-refractivity contribution in [1.82, 2.24) is 5.32 Å². The van der Waals surface area contributed by atoms with E-state index in [0.717, 1.165) is 6.07 Å². The lowest BCUT2D eigenvalue weighted by Gasteiger charge is -2.09. The van der Waals surface area contributed by atoms with Gasteiger partial charge < -0.3 is 10.4 Å². The fourth-order valence-corrected chi connectivity index (χ4v) is 1.66. The molecule has 0 saturated heterocycles. The molecule has 0 spiro atoms. The predicted octanol–water partition coefficient (Wildman–Crippen LogP) is 2.14. The molecule has 1 amide bonds. The molecule has 0 bridgehead atoms. The number of aliphatic hydroxyl groups excluding tert-OH is 1. The summed E-state index contributed by atoms with van der Waals surface area (Å²) in [6.07, 6.45) is 0.559. The van der Waals surface area contributed by atoms with E-state index < -0.39 is 16.9 Å². The summed E-state index contributed by atoms with van der Waals surface area (Å²) in [5.74, 6) is -0.489. The predicted molar refractivity (Wildman–Crippen MR) is 71.4 cm³/mol. The number of halogens is 1. The highest BCUT2D eigenvalue weighted by Gasteiger charge is 2.15. The molecule has 0 aromatic heterocycles. The lowest BCUT2D eigenvalue weighted by atomic mass is 10.1. The molecule has 1 aromatic rings. The van der Waals surface area contributed by atoms with Crippen molar-refractivity contribution in [2.75, 3.05) is 6.54 Å². The Morgan fingerprint density at radius 1 is 1.58 bits per heavy atom. The molecule has 1 atom stereocenters. The molecule has 0 aliphatic heterocycles. The standard InChI is InChI=1S/C12H15ClN2O4/c1-2-9(16)5-6-14-12(17)10-7-8(15(18)19)3-4-11(10)13/h3-4,7,9,16H,2,5-6H2,1H3,(H,14,17). The van der Waals surface area contributed by atoms with E-state index in [4.69, 9.17) is 11.6 Å². The van der Waals surface area contributed by atoms with Crippen molar-refractivity contribution in [3.8, 4) is 0 Å². The lowest BCUT2D eigenvalue weighted by molar-refractivity contribution is -0.384. The maximum atomic E-state index is 11.8. The monoisotopic (exact) mass is 286 g/mol. The summed E-state index contributed by atoms with van der Waals surface area (Å²) in [7, 11) is 0. The van der Waals surface area contributed by atoms with Crippen LogP contribution in [0.2, 0.25) is 5.02 Å². The molecule has 0 fully saturated rings. The van der Waals surface area contributed by atoms with Gasteiger partial charge in [-0.05, 0) is 18.9 Å². The van der Waals surface area contributed by atoms with E-state index in [2.05, 4.69) is 5.32 Å². The van der Waals surface area contributed by atoms with Gasteiger partial charge in [0.15, 0.2) is 0 Å². The molecular formula is C12H15ClN2O4.